The highest BCUT2D eigenvalue weighted by molar-refractivity contribution is 5.82. The fourth-order valence-electron chi connectivity index (χ4n) is 2.22. The zero-order valence-corrected chi connectivity index (χ0v) is 10.2. The standard InChI is InChI=1S/C13H16F2N2O/c1-16-12-3-2-6-17(13(12)18)8-9-4-5-10(14)7-11(9)15/h4-5,7,12,16H,2-3,6,8H2,1H3. The lowest BCUT2D eigenvalue weighted by atomic mass is 10.0. The molecule has 1 heterocycles. The van der Waals surface area contributed by atoms with E-state index in [1.165, 1.54) is 12.1 Å². The number of nitrogens with zero attached hydrogens (tertiary/aromatic N) is 1. The van der Waals surface area contributed by atoms with Gasteiger partial charge in [-0.3, -0.25) is 4.79 Å². The molecular weight excluding hydrogens is 238 g/mol. The monoisotopic (exact) mass is 254 g/mol. The molecule has 1 N–H and O–H groups in total. The molecule has 1 amide bonds. The summed E-state index contributed by atoms with van der Waals surface area (Å²) in [5.41, 5.74) is 0.349. The predicted octanol–water partition coefficient (Wildman–Crippen LogP) is 1.68. The molecule has 1 unspecified atom stereocenters. The second kappa shape index (κ2) is 5.44. The zero-order chi connectivity index (χ0) is 13.1. The molecule has 1 fully saturated rings. The minimum atomic E-state index is -0.602. The summed E-state index contributed by atoms with van der Waals surface area (Å²) in [4.78, 5) is 13.6. The number of carbonyl (C=O) groups excluding carboxylic acids is 1. The van der Waals surface area contributed by atoms with Gasteiger partial charge in [-0.2, -0.15) is 0 Å². The van der Waals surface area contributed by atoms with E-state index in [0.29, 0.717) is 12.1 Å². The summed E-state index contributed by atoms with van der Waals surface area (Å²) in [7, 11) is 1.74. The number of carbonyl (C=O) groups is 1. The van der Waals surface area contributed by atoms with E-state index >= 15 is 0 Å². The highest BCUT2D eigenvalue weighted by Crippen LogP contribution is 2.17. The quantitative estimate of drug-likeness (QED) is 0.890. The Bertz CT molecular complexity index is 451. The number of amides is 1. The summed E-state index contributed by atoms with van der Waals surface area (Å²) < 4.78 is 26.3. The Balaban J connectivity index is 2.10. The maximum atomic E-state index is 13.5. The summed E-state index contributed by atoms with van der Waals surface area (Å²) in [5.74, 6) is -1.23. The largest absolute Gasteiger partial charge is 0.337 e. The molecule has 1 aromatic rings. The zero-order valence-electron chi connectivity index (χ0n) is 10.2. The minimum absolute atomic E-state index is 0.0209. The van der Waals surface area contributed by atoms with Crippen LogP contribution in [0.25, 0.3) is 0 Å². The van der Waals surface area contributed by atoms with Crippen molar-refractivity contribution in [1.82, 2.24) is 10.2 Å². The van der Waals surface area contributed by atoms with E-state index in [1.54, 1.807) is 11.9 Å². The van der Waals surface area contributed by atoms with Gasteiger partial charge in [0.25, 0.3) is 0 Å². The van der Waals surface area contributed by atoms with E-state index in [1.807, 2.05) is 0 Å². The topological polar surface area (TPSA) is 32.3 Å². The number of likely N-dealkylation sites (N-methyl/N-ethyl adjacent to an activating group) is 1. The first-order valence-electron chi connectivity index (χ1n) is 6.02. The number of nitrogens with one attached hydrogen (secondary N) is 1. The Morgan fingerprint density at radius 3 is 2.89 bits per heavy atom. The molecule has 98 valence electrons. The van der Waals surface area contributed by atoms with Crippen molar-refractivity contribution in [3.63, 3.8) is 0 Å². The van der Waals surface area contributed by atoms with Crippen LogP contribution in [0.15, 0.2) is 18.2 Å². The van der Waals surface area contributed by atoms with Crippen molar-refractivity contribution in [2.24, 2.45) is 0 Å². The molecule has 0 aromatic heterocycles. The van der Waals surface area contributed by atoms with Crippen molar-refractivity contribution >= 4 is 5.91 Å². The number of benzene rings is 1. The van der Waals surface area contributed by atoms with Gasteiger partial charge >= 0.3 is 0 Å². The van der Waals surface area contributed by atoms with Crippen LogP contribution >= 0.6 is 0 Å². The molecule has 0 bridgehead atoms. The summed E-state index contributed by atoms with van der Waals surface area (Å²) >= 11 is 0. The third-order valence-corrected chi connectivity index (χ3v) is 3.26. The highest BCUT2D eigenvalue weighted by Gasteiger charge is 2.27. The van der Waals surface area contributed by atoms with Crippen LogP contribution in [0.5, 0.6) is 0 Å². The number of hydrogen-bond donors (Lipinski definition) is 1. The van der Waals surface area contributed by atoms with Gasteiger partial charge in [0.2, 0.25) is 5.91 Å². The first kappa shape index (κ1) is 13.0. The van der Waals surface area contributed by atoms with Crippen molar-refractivity contribution in [3.8, 4) is 0 Å². The lowest BCUT2D eigenvalue weighted by Crippen LogP contribution is -2.49. The van der Waals surface area contributed by atoms with E-state index in [-0.39, 0.29) is 18.5 Å². The van der Waals surface area contributed by atoms with E-state index < -0.39 is 11.6 Å². The van der Waals surface area contributed by atoms with Crippen LogP contribution in [0.4, 0.5) is 8.78 Å². The normalized spacial score (nSPS) is 20.3. The van der Waals surface area contributed by atoms with Gasteiger partial charge in [-0.1, -0.05) is 6.07 Å². The van der Waals surface area contributed by atoms with Gasteiger partial charge in [0.05, 0.1) is 6.04 Å². The molecule has 1 aromatic carbocycles. The molecule has 1 saturated heterocycles. The van der Waals surface area contributed by atoms with Crippen molar-refractivity contribution < 1.29 is 13.6 Å². The molecule has 2 rings (SSSR count). The molecule has 5 heteroatoms. The SMILES string of the molecule is CNC1CCCN(Cc2ccc(F)cc2F)C1=O. The number of hydrogen-bond acceptors (Lipinski definition) is 2. The number of rotatable bonds is 3. The summed E-state index contributed by atoms with van der Waals surface area (Å²) in [6, 6.07) is 3.25. The highest BCUT2D eigenvalue weighted by atomic mass is 19.1. The van der Waals surface area contributed by atoms with Crippen LogP contribution in [0.3, 0.4) is 0 Å². The maximum Gasteiger partial charge on any atom is 0.239 e. The maximum absolute atomic E-state index is 13.5. The van der Waals surface area contributed by atoms with E-state index in [4.69, 9.17) is 0 Å². The Kier molecular flexibility index (Phi) is 3.91. The van der Waals surface area contributed by atoms with Gasteiger partial charge in [-0.25, -0.2) is 8.78 Å². The second-order valence-electron chi connectivity index (χ2n) is 4.48. The predicted molar refractivity (Wildman–Crippen MR) is 63.9 cm³/mol. The number of likely N-dealkylation sites (tertiary alicyclic amines) is 1. The molecule has 1 atom stereocenters. The summed E-state index contributed by atoms with van der Waals surface area (Å²) in [6.07, 6.45) is 1.69. The first-order valence-corrected chi connectivity index (χ1v) is 6.02. The van der Waals surface area contributed by atoms with Crippen molar-refractivity contribution in [2.45, 2.75) is 25.4 Å². The van der Waals surface area contributed by atoms with Gasteiger partial charge in [0.15, 0.2) is 0 Å². The van der Waals surface area contributed by atoms with Gasteiger partial charge in [-0.15, -0.1) is 0 Å². The summed E-state index contributed by atoms with van der Waals surface area (Å²) in [5, 5.41) is 2.95. The van der Waals surface area contributed by atoms with Crippen LogP contribution in [0.2, 0.25) is 0 Å². The first-order chi connectivity index (χ1) is 8.61. The van der Waals surface area contributed by atoms with Crippen LogP contribution in [-0.4, -0.2) is 30.4 Å². The van der Waals surface area contributed by atoms with Gasteiger partial charge in [-0.05, 0) is 26.0 Å². The fraction of sp³-hybridized carbons (Fsp3) is 0.462. The number of halogens is 2. The van der Waals surface area contributed by atoms with Crippen molar-refractivity contribution in [1.29, 1.82) is 0 Å². The Labute approximate surface area is 105 Å². The van der Waals surface area contributed by atoms with Crippen LogP contribution in [0.1, 0.15) is 18.4 Å². The molecule has 0 radical (unpaired) electrons. The molecule has 3 nitrogen and oxygen atoms in total. The molecule has 1 aliphatic rings. The molecule has 0 saturated carbocycles. The second-order valence-corrected chi connectivity index (χ2v) is 4.48. The van der Waals surface area contributed by atoms with Gasteiger partial charge < -0.3 is 10.2 Å². The van der Waals surface area contributed by atoms with Crippen molar-refractivity contribution in [2.75, 3.05) is 13.6 Å². The van der Waals surface area contributed by atoms with Crippen molar-refractivity contribution in [3.05, 3.63) is 35.4 Å². The molecule has 18 heavy (non-hydrogen) atoms. The van der Waals surface area contributed by atoms with Gasteiger partial charge in [0, 0.05) is 24.7 Å². The Morgan fingerprint density at radius 2 is 2.22 bits per heavy atom. The molecule has 1 aliphatic heterocycles. The van der Waals surface area contributed by atoms with E-state index in [2.05, 4.69) is 5.32 Å². The van der Waals surface area contributed by atoms with Crippen LogP contribution in [-0.2, 0) is 11.3 Å². The van der Waals surface area contributed by atoms with E-state index in [0.717, 1.165) is 18.9 Å². The van der Waals surface area contributed by atoms with Crippen LogP contribution in [0, 0.1) is 11.6 Å². The average molecular weight is 254 g/mol. The molecule has 0 spiro atoms. The average Bonchev–Trinajstić information content (AvgIpc) is 2.35. The Hall–Kier alpha value is -1.49. The smallest absolute Gasteiger partial charge is 0.239 e. The fourth-order valence-corrected chi connectivity index (χ4v) is 2.22. The van der Waals surface area contributed by atoms with Gasteiger partial charge in [0.1, 0.15) is 11.6 Å². The molecular formula is C13H16F2N2O. The third-order valence-electron chi connectivity index (χ3n) is 3.26. The lowest BCUT2D eigenvalue weighted by molar-refractivity contribution is -0.136. The molecule has 0 aliphatic carbocycles. The number of piperidine rings is 1. The lowest BCUT2D eigenvalue weighted by Gasteiger charge is -2.32. The van der Waals surface area contributed by atoms with E-state index in [9.17, 15) is 13.6 Å². The summed E-state index contributed by atoms with van der Waals surface area (Å²) in [6.45, 7) is 0.816. The third kappa shape index (κ3) is 2.67. The minimum Gasteiger partial charge on any atom is -0.337 e. The van der Waals surface area contributed by atoms with Crippen LogP contribution < -0.4 is 5.32 Å². The Morgan fingerprint density at radius 1 is 1.44 bits per heavy atom.